The number of ether oxygens (including phenoxy) is 3. The molecule has 33 heavy (non-hydrogen) atoms. The lowest BCUT2D eigenvalue weighted by molar-refractivity contribution is 0.171. The van der Waals surface area contributed by atoms with Crippen LogP contribution >= 0.6 is 0 Å². The van der Waals surface area contributed by atoms with Gasteiger partial charge in [-0.15, -0.1) is 0 Å². The van der Waals surface area contributed by atoms with Crippen LogP contribution in [0, 0.1) is 6.92 Å². The smallest absolute Gasteiger partial charge is 0.323 e. The molecule has 4 aromatic rings. The summed E-state index contributed by atoms with van der Waals surface area (Å²) in [4.78, 5) is 21.0. The molecule has 2 N–H and O–H groups in total. The van der Waals surface area contributed by atoms with E-state index < -0.39 is 0 Å². The van der Waals surface area contributed by atoms with Crippen LogP contribution in [0.2, 0.25) is 0 Å². The zero-order chi connectivity index (χ0) is 22.6. The number of nitrogens with one attached hydrogen (secondary N) is 2. The number of carbonyl (C=O) groups excluding carboxylic acids is 1. The van der Waals surface area contributed by atoms with Gasteiger partial charge in [0.15, 0.2) is 17.3 Å². The second-order valence-corrected chi connectivity index (χ2v) is 7.13. The van der Waals surface area contributed by atoms with Crippen LogP contribution in [-0.2, 0) is 0 Å². The minimum absolute atomic E-state index is 0.379. The molecule has 0 atom stereocenters. The van der Waals surface area contributed by atoms with E-state index in [0.717, 1.165) is 0 Å². The van der Waals surface area contributed by atoms with Gasteiger partial charge in [-0.3, -0.25) is 0 Å². The molecule has 2 amide bonds. The van der Waals surface area contributed by atoms with Crippen LogP contribution in [-0.4, -0.2) is 39.0 Å². The van der Waals surface area contributed by atoms with Gasteiger partial charge in [0.1, 0.15) is 24.8 Å². The van der Waals surface area contributed by atoms with Gasteiger partial charge in [0, 0.05) is 35.9 Å². The molecule has 0 aliphatic carbocycles. The quantitative estimate of drug-likeness (QED) is 0.475. The largest absolute Gasteiger partial charge is 0.486 e. The molecule has 0 bridgehead atoms. The van der Waals surface area contributed by atoms with E-state index in [-0.39, 0.29) is 6.03 Å². The van der Waals surface area contributed by atoms with Crippen molar-refractivity contribution >= 4 is 17.4 Å². The first-order valence-corrected chi connectivity index (χ1v) is 10.2. The van der Waals surface area contributed by atoms with Crippen molar-refractivity contribution in [3.63, 3.8) is 0 Å². The third-order valence-electron chi connectivity index (χ3n) is 4.67. The summed E-state index contributed by atoms with van der Waals surface area (Å²) in [5.74, 6) is 3.40. The van der Waals surface area contributed by atoms with Crippen molar-refractivity contribution in [3.05, 3.63) is 72.8 Å². The zero-order valence-corrected chi connectivity index (χ0v) is 17.7. The molecule has 0 radical (unpaired) electrons. The van der Waals surface area contributed by atoms with Crippen molar-refractivity contribution < 1.29 is 19.0 Å². The highest BCUT2D eigenvalue weighted by Gasteiger charge is 2.13. The van der Waals surface area contributed by atoms with Crippen LogP contribution in [0.5, 0.6) is 23.1 Å². The van der Waals surface area contributed by atoms with Crippen LogP contribution in [0.4, 0.5) is 16.2 Å². The Hall–Kier alpha value is -4.60. The first kappa shape index (κ1) is 20.3. The number of rotatable bonds is 5. The summed E-state index contributed by atoms with van der Waals surface area (Å²) >= 11 is 0. The van der Waals surface area contributed by atoms with E-state index in [1.165, 1.54) is 0 Å². The molecule has 0 saturated carbocycles. The summed E-state index contributed by atoms with van der Waals surface area (Å²) in [6, 6.07) is 15.3. The van der Waals surface area contributed by atoms with Gasteiger partial charge in [-0.05, 0) is 49.4 Å². The Morgan fingerprint density at radius 1 is 0.970 bits per heavy atom. The van der Waals surface area contributed by atoms with Crippen LogP contribution in [0.15, 0.2) is 67.0 Å². The Balaban J connectivity index is 1.22. The van der Waals surface area contributed by atoms with Gasteiger partial charge in [0.25, 0.3) is 0 Å². The molecule has 1 aliphatic heterocycles. The zero-order valence-electron chi connectivity index (χ0n) is 17.7. The molecule has 5 rings (SSSR count). The number of anilines is 2. The fourth-order valence-corrected chi connectivity index (χ4v) is 3.24. The molecule has 10 heteroatoms. The molecule has 10 nitrogen and oxygen atoms in total. The van der Waals surface area contributed by atoms with E-state index in [9.17, 15) is 4.79 Å². The first-order chi connectivity index (χ1) is 16.1. The first-order valence-electron chi connectivity index (χ1n) is 10.2. The molecule has 2 aromatic carbocycles. The van der Waals surface area contributed by atoms with Gasteiger partial charge >= 0.3 is 6.03 Å². The molecule has 166 valence electrons. The second-order valence-electron chi connectivity index (χ2n) is 7.13. The Labute approximate surface area is 189 Å². The number of aromatic nitrogens is 4. The Kier molecular flexibility index (Phi) is 5.46. The number of amides is 2. The third kappa shape index (κ3) is 4.85. The van der Waals surface area contributed by atoms with E-state index in [0.29, 0.717) is 59.4 Å². The summed E-state index contributed by atoms with van der Waals surface area (Å²) < 4.78 is 18.5. The molecule has 2 aromatic heterocycles. The van der Waals surface area contributed by atoms with Gasteiger partial charge in [-0.25, -0.2) is 14.5 Å². The molecule has 0 spiro atoms. The van der Waals surface area contributed by atoms with Crippen molar-refractivity contribution in [3.8, 4) is 28.9 Å². The van der Waals surface area contributed by atoms with Crippen molar-refractivity contribution in [2.75, 3.05) is 23.8 Å². The Bertz CT molecular complexity index is 1270. The summed E-state index contributed by atoms with van der Waals surface area (Å²) in [5.41, 5.74) is 1.21. The molecule has 1 aliphatic rings. The minimum Gasteiger partial charge on any atom is -0.486 e. The van der Waals surface area contributed by atoms with E-state index in [1.807, 2.05) is 6.07 Å². The number of hydrogen-bond acceptors (Lipinski definition) is 7. The van der Waals surface area contributed by atoms with Gasteiger partial charge in [0.05, 0.1) is 0 Å². The highest BCUT2D eigenvalue weighted by Crippen LogP contribution is 2.32. The van der Waals surface area contributed by atoms with E-state index >= 15 is 0 Å². The lowest BCUT2D eigenvalue weighted by Gasteiger charge is -2.19. The predicted molar refractivity (Wildman–Crippen MR) is 120 cm³/mol. The maximum Gasteiger partial charge on any atom is 0.323 e. The lowest BCUT2D eigenvalue weighted by atomic mass is 10.2. The number of aryl methyl sites for hydroxylation is 1. The van der Waals surface area contributed by atoms with E-state index in [2.05, 4.69) is 25.7 Å². The molecule has 0 unspecified atom stereocenters. The van der Waals surface area contributed by atoms with Gasteiger partial charge in [0.2, 0.25) is 5.88 Å². The highest BCUT2D eigenvalue weighted by atomic mass is 16.6. The van der Waals surface area contributed by atoms with E-state index in [1.54, 1.807) is 72.5 Å². The monoisotopic (exact) mass is 444 g/mol. The number of benzene rings is 2. The molecular formula is C23H20N6O4. The topological polar surface area (TPSA) is 112 Å². The van der Waals surface area contributed by atoms with Gasteiger partial charge in [-0.1, -0.05) is 0 Å². The summed E-state index contributed by atoms with van der Waals surface area (Å²) in [5, 5.41) is 9.74. The summed E-state index contributed by atoms with van der Waals surface area (Å²) in [7, 11) is 0. The van der Waals surface area contributed by atoms with Gasteiger partial charge in [-0.2, -0.15) is 10.1 Å². The normalized spacial score (nSPS) is 12.2. The maximum absolute atomic E-state index is 12.4. The summed E-state index contributed by atoms with van der Waals surface area (Å²) in [6.07, 6.45) is 3.47. The second kappa shape index (κ2) is 8.87. The number of urea groups is 1. The van der Waals surface area contributed by atoms with E-state index in [4.69, 9.17) is 14.2 Å². The summed E-state index contributed by atoms with van der Waals surface area (Å²) in [6.45, 7) is 2.78. The standard InChI is InChI=1S/C23H20N6O4/c1-15-25-21(29-10-2-9-24-29)14-22(26-15)33-18-6-3-16(4-7-18)27-23(30)28-17-5-8-19-20(13-17)32-12-11-31-19/h2-10,13-14H,11-12H2,1H3,(H2,27,28,30). The van der Waals surface area contributed by atoms with Crippen molar-refractivity contribution in [2.24, 2.45) is 0 Å². The van der Waals surface area contributed by atoms with Crippen LogP contribution in [0.3, 0.4) is 0 Å². The fourth-order valence-electron chi connectivity index (χ4n) is 3.24. The third-order valence-corrected chi connectivity index (χ3v) is 4.67. The highest BCUT2D eigenvalue weighted by molar-refractivity contribution is 5.99. The minimum atomic E-state index is -0.379. The lowest BCUT2D eigenvalue weighted by Crippen LogP contribution is -2.20. The average Bonchev–Trinajstić information content (AvgIpc) is 3.35. The van der Waals surface area contributed by atoms with Crippen molar-refractivity contribution in [1.29, 1.82) is 0 Å². The van der Waals surface area contributed by atoms with Gasteiger partial charge < -0.3 is 24.8 Å². The number of fused-ring (bicyclic) bond motifs is 1. The fraction of sp³-hybridized carbons (Fsp3) is 0.130. The molecule has 0 saturated heterocycles. The van der Waals surface area contributed by atoms with Crippen LogP contribution < -0.4 is 24.8 Å². The number of nitrogens with zero attached hydrogens (tertiary/aromatic N) is 4. The predicted octanol–water partition coefficient (Wildman–Crippen LogP) is 4.18. The van der Waals surface area contributed by atoms with Crippen LogP contribution in [0.1, 0.15) is 5.82 Å². The Morgan fingerprint density at radius 2 is 1.73 bits per heavy atom. The van der Waals surface area contributed by atoms with Crippen molar-refractivity contribution in [2.45, 2.75) is 6.92 Å². The Morgan fingerprint density at radius 3 is 2.52 bits per heavy atom. The average molecular weight is 444 g/mol. The number of carbonyl (C=O) groups is 1. The van der Waals surface area contributed by atoms with Crippen LogP contribution in [0.25, 0.3) is 5.82 Å². The van der Waals surface area contributed by atoms with Crippen molar-refractivity contribution in [1.82, 2.24) is 19.7 Å². The molecule has 0 fully saturated rings. The number of hydrogen-bond donors (Lipinski definition) is 2. The molecular weight excluding hydrogens is 424 g/mol. The maximum atomic E-state index is 12.4. The SMILES string of the molecule is Cc1nc(Oc2ccc(NC(=O)Nc3ccc4c(c3)OCCO4)cc2)cc(-n2cccn2)n1. The molecule has 3 heterocycles.